The van der Waals surface area contributed by atoms with E-state index in [2.05, 4.69) is 34.2 Å². The van der Waals surface area contributed by atoms with Gasteiger partial charge in [-0.1, -0.05) is 19.9 Å². The molecule has 0 amide bonds. The number of hydrogen-bond acceptors (Lipinski definition) is 5. The summed E-state index contributed by atoms with van der Waals surface area (Å²) >= 11 is 0. The Kier molecular flexibility index (Phi) is 4.96. The minimum Gasteiger partial charge on any atom is -0.392 e. The van der Waals surface area contributed by atoms with E-state index in [1.54, 1.807) is 12.3 Å². The summed E-state index contributed by atoms with van der Waals surface area (Å²) in [7, 11) is 0. The third kappa shape index (κ3) is 3.78. The standard InChI is InChI=1S/C26H28F2N6O/c1-25(2)10-20-17(11-30-34(20)15-25)18-13-33-21(12-29-24(33)9-16(18)14-35)19-5-3-7-23(31-19)32-22-6-4-8-26(22,27)28/h3,5,7,9,11-13,22,35H,4,6,8,10,14-15H2,1-2H3,(H,31,32). The number of hydrogen-bond donors (Lipinski definition) is 2. The molecule has 9 heteroatoms. The van der Waals surface area contributed by atoms with Crippen LogP contribution in [0.3, 0.4) is 0 Å². The molecule has 2 N–H and O–H groups in total. The van der Waals surface area contributed by atoms with Crippen molar-refractivity contribution in [3.63, 3.8) is 0 Å². The summed E-state index contributed by atoms with van der Waals surface area (Å²) in [6, 6.07) is 6.35. The van der Waals surface area contributed by atoms with Gasteiger partial charge in [-0.05, 0) is 48.4 Å². The molecule has 1 aliphatic heterocycles. The van der Waals surface area contributed by atoms with Gasteiger partial charge in [0, 0.05) is 36.0 Å². The largest absolute Gasteiger partial charge is 0.392 e. The SMILES string of the molecule is CC1(C)Cc2c(-c3cn4c(-c5cccc(NC6CCCC6(F)F)n5)cnc4cc3CO)cnn2C1. The highest BCUT2D eigenvalue weighted by molar-refractivity contribution is 5.73. The number of alkyl halides is 2. The molecular formula is C26H28F2N6O. The highest BCUT2D eigenvalue weighted by Crippen LogP contribution is 2.39. The second kappa shape index (κ2) is 7.84. The van der Waals surface area contributed by atoms with Crippen LogP contribution in [-0.2, 0) is 19.6 Å². The van der Waals surface area contributed by atoms with Crippen LogP contribution in [0.15, 0.2) is 42.9 Å². The molecule has 4 aromatic heterocycles. The minimum atomic E-state index is -2.73. The molecule has 35 heavy (non-hydrogen) atoms. The number of fused-ring (bicyclic) bond motifs is 2. The molecule has 0 spiro atoms. The predicted octanol–water partition coefficient (Wildman–Crippen LogP) is 4.93. The van der Waals surface area contributed by atoms with Gasteiger partial charge in [-0.2, -0.15) is 5.10 Å². The lowest BCUT2D eigenvalue weighted by Gasteiger charge is -2.21. The molecule has 6 rings (SSSR count). The maximum atomic E-state index is 14.1. The van der Waals surface area contributed by atoms with Crippen LogP contribution in [0.25, 0.3) is 28.2 Å². The Morgan fingerprint density at radius 1 is 1.20 bits per heavy atom. The highest BCUT2D eigenvalue weighted by atomic mass is 19.3. The van der Waals surface area contributed by atoms with E-state index < -0.39 is 12.0 Å². The van der Waals surface area contributed by atoms with Crippen molar-refractivity contribution in [1.29, 1.82) is 0 Å². The van der Waals surface area contributed by atoms with Crippen LogP contribution in [0.5, 0.6) is 0 Å². The zero-order chi connectivity index (χ0) is 24.4. The van der Waals surface area contributed by atoms with Gasteiger partial charge in [-0.3, -0.25) is 9.08 Å². The Balaban J connectivity index is 1.41. The summed E-state index contributed by atoms with van der Waals surface area (Å²) in [6.45, 7) is 5.20. The topological polar surface area (TPSA) is 80.3 Å². The first-order valence-electron chi connectivity index (χ1n) is 12.0. The van der Waals surface area contributed by atoms with E-state index in [0.717, 1.165) is 41.0 Å². The molecule has 1 atom stereocenters. The second-order valence-electron chi connectivity index (χ2n) is 10.5. The number of nitrogens with one attached hydrogen (secondary N) is 1. The normalized spacial score (nSPS) is 20.4. The van der Waals surface area contributed by atoms with Crippen LogP contribution in [0.2, 0.25) is 0 Å². The van der Waals surface area contributed by atoms with Gasteiger partial charge in [-0.15, -0.1) is 0 Å². The van der Waals surface area contributed by atoms with Crippen molar-refractivity contribution < 1.29 is 13.9 Å². The van der Waals surface area contributed by atoms with E-state index in [1.807, 2.05) is 39.7 Å². The van der Waals surface area contributed by atoms with Crippen LogP contribution in [0, 0.1) is 5.41 Å². The van der Waals surface area contributed by atoms with Crippen LogP contribution < -0.4 is 5.32 Å². The number of halogens is 2. The molecule has 1 aliphatic carbocycles. The highest BCUT2D eigenvalue weighted by Gasteiger charge is 2.44. The Morgan fingerprint density at radius 2 is 2.06 bits per heavy atom. The van der Waals surface area contributed by atoms with E-state index >= 15 is 0 Å². The van der Waals surface area contributed by atoms with Gasteiger partial charge in [0.2, 0.25) is 0 Å². The number of aromatic nitrogens is 5. The Morgan fingerprint density at radius 3 is 2.83 bits per heavy atom. The third-order valence-electron chi connectivity index (χ3n) is 7.21. The Bertz CT molecular complexity index is 1420. The molecule has 0 radical (unpaired) electrons. The van der Waals surface area contributed by atoms with Crippen molar-refractivity contribution in [3.05, 3.63) is 54.1 Å². The van der Waals surface area contributed by atoms with Gasteiger partial charge in [0.25, 0.3) is 5.92 Å². The molecule has 0 bridgehead atoms. The molecule has 0 aromatic carbocycles. The van der Waals surface area contributed by atoms with Crippen molar-refractivity contribution in [2.24, 2.45) is 5.41 Å². The first-order chi connectivity index (χ1) is 16.7. The zero-order valence-electron chi connectivity index (χ0n) is 19.8. The molecule has 4 aromatic rings. The summed E-state index contributed by atoms with van der Waals surface area (Å²) in [5.74, 6) is -2.30. The van der Waals surface area contributed by atoms with E-state index in [4.69, 9.17) is 0 Å². The predicted molar refractivity (Wildman–Crippen MR) is 129 cm³/mol. The number of pyridine rings is 2. The zero-order valence-corrected chi connectivity index (χ0v) is 19.8. The van der Waals surface area contributed by atoms with Crippen molar-refractivity contribution in [3.8, 4) is 22.5 Å². The first-order valence-corrected chi connectivity index (χ1v) is 12.0. The fourth-order valence-corrected chi connectivity index (χ4v) is 5.44. The van der Waals surface area contributed by atoms with Crippen molar-refractivity contribution in [2.75, 3.05) is 5.32 Å². The third-order valence-corrected chi connectivity index (χ3v) is 7.21. The van der Waals surface area contributed by atoms with Gasteiger partial charge >= 0.3 is 0 Å². The Labute approximate surface area is 201 Å². The van der Waals surface area contributed by atoms with E-state index in [0.29, 0.717) is 30.0 Å². The molecule has 1 unspecified atom stereocenters. The summed E-state index contributed by atoms with van der Waals surface area (Å²) in [5.41, 5.74) is 6.04. The first kappa shape index (κ1) is 22.2. The van der Waals surface area contributed by atoms with Gasteiger partial charge in [0.05, 0.1) is 36.4 Å². The van der Waals surface area contributed by atoms with Crippen LogP contribution >= 0.6 is 0 Å². The molecule has 5 heterocycles. The lowest BCUT2D eigenvalue weighted by Crippen LogP contribution is -2.34. The average molecular weight is 479 g/mol. The van der Waals surface area contributed by atoms with Crippen molar-refractivity contribution in [1.82, 2.24) is 24.1 Å². The van der Waals surface area contributed by atoms with E-state index in [-0.39, 0.29) is 18.4 Å². The number of rotatable bonds is 5. The lowest BCUT2D eigenvalue weighted by atomic mass is 9.89. The summed E-state index contributed by atoms with van der Waals surface area (Å²) in [6.07, 6.45) is 7.30. The molecule has 7 nitrogen and oxygen atoms in total. The number of imidazole rings is 1. The minimum absolute atomic E-state index is 0.0939. The number of anilines is 1. The van der Waals surface area contributed by atoms with Gasteiger partial charge < -0.3 is 10.4 Å². The smallest absolute Gasteiger partial charge is 0.267 e. The molecule has 1 fully saturated rings. The van der Waals surface area contributed by atoms with Gasteiger partial charge in [0.15, 0.2) is 0 Å². The number of aliphatic hydroxyl groups excluding tert-OH is 1. The van der Waals surface area contributed by atoms with E-state index in [9.17, 15) is 13.9 Å². The van der Waals surface area contributed by atoms with Crippen LogP contribution in [0.4, 0.5) is 14.6 Å². The summed E-state index contributed by atoms with van der Waals surface area (Å²) in [4.78, 5) is 9.16. The average Bonchev–Trinajstić information content (AvgIpc) is 3.55. The molecular weight excluding hydrogens is 450 g/mol. The monoisotopic (exact) mass is 478 g/mol. The van der Waals surface area contributed by atoms with E-state index in [1.165, 1.54) is 0 Å². The number of aliphatic hydroxyl groups is 1. The summed E-state index contributed by atoms with van der Waals surface area (Å²) in [5, 5.41) is 17.6. The van der Waals surface area contributed by atoms with Crippen LogP contribution in [0.1, 0.15) is 44.4 Å². The Hall–Kier alpha value is -3.33. The van der Waals surface area contributed by atoms with Crippen LogP contribution in [-0.4, -0.2) is 41.2 Å². The quantitative estimate of drug-likeness (QED) is 0.425. The molecule has 1 saturated carbocycles. The molecule has 2 aliphatic rings. The van der Waals surface area contributed by atoms with Crippen molar-refractivity contribution >= 4 is 11.5 Å². The van der Waals surface area contributed by atoms with Crippen molar-refractivity contribution in [2.45, 2.75) is 64.6 Å². The lowest BCUT2D eigenvalue weighted by molar-refractivity contribution is -0.000687. The maximum Gasteiger partial charge on any atom is 0.267 e. The maximum absolute atomic E-state index is 14.1. The fourth-order valence-electron chi connectivity index (χ4n) is 5.44. The molecule has 0 saturated heterocycles. The second-order valence-corrected chi connectivity index (χ2v) is 10.5. The fraction of sp³-hybridized carbons (Fsp3) is 0.423. The van der Waals surface area contributed by atoms with Gasteiger partial charge in [0.1, 0.15) is 11.5 Å². The summed E-state index contributed by atoms with van der Waals surface area (Å²) < 4.78 is 32.3. The van der Waals surface area contributed by atoms with Gasteiger partial charge in [-0.25, -0.2) is 18.7 Å². The number of nitrogens with zero attached hydrogens (tertiary/aromatic N) is 5. The molecule has 182 valence electrons.